The molecule has 0 spiro atoms. The van der Waals surface area contributed by atoms with E-state index in [-0.39, 0.29) is 5.82 Å². The van der Waals surface area contributed by atoms with E-state index >= 15 is 0 Å². The number of halogens is 1. The van der Waals surface area contributed by atoms with Crippen molar-refractivity contribution in [2.24, 2.45) is 5.92 Å². The fourth-order valence-corrected chi connectivity index (χ4v) is 2.87. The second kappa shape index (κ2) is 6.23. The maximum absolute atomic E-state index is 14.0. The van der Waals surface area contributed by atoms with E-state index in [0.29, 0.717) is 6.04 Å². The Hall–Kier alpha value is -0.930. The molecular formula is C17H25FN2. The first kappa shape index (κ1) is 14.0. The van der Waals surface area contributed by atoms with Crippen molar-refractivity contribution in [1.29, 1.82) is 0 Å². The fraction of sp³-hybridized carbons (Fsp3) is 0.647. The van der Waals surface area contributed by atoms with Crippen molar-refractivity contribution in [3.8, 4) is 0 Å². The van der Waals surface area contributed by atoms with E-state index in [0.717, 1.165) is 37.7 Å². The Balaban J connectivity index is 1.60. The molecule has 0 unspecified atom stereocenters. The first-order valence-electron chi connectivity index (χ1n) is 7.94. The molecule has 2 nitrogen and oxygen atoms in total. The molecule has 1 aromatic rings. The van der Waals surface area contributed by atoms with Crippen LogP contribution in [0, 0.1) is 11.7 Å². The molecule has 1 saturated carbocycles. The molecule has 2 fully saturated rings. The standard InChI is InChI=1S/C17H25FN2/c1-13-6-8-20(9-7-13)12-15-10-14(2-5-17(15)18)11-19-16-3-4-16/h2,5,10,13,16,19H,3-4,6-9,11-12H2,1H3. The van der Waals surface area contributed by atoms with Crippen molar-refractivity contribution in [2.75, 3.05) is 13.1 Å². The van der Waals surface area contributed by atoms with E-state index in [1.165, 1.54) is 31.2 Å². The molecule has 0 radical (unpaired) electrons. The average Bonchev–Trinajstić information content (AvgIpc) is 3.26. The van der Waals surface area contributed by atoms with E-state index in [9.17, 15) is 4.39 Å². The van der Waals surface area contributed by atoms with Crippen LogP contribution in [0.3, 0.4) is 0 Å². The minimum atomic E-state index is -0.0567. The summed E-state index contributed by atoms with van der Waals surface area (Å²) in [6.45, 7) is 6.14. The van der Waals surface area contributed by atoms with Crippen molar-refractivity contribution in [2.45, 2.75) is 51.7 Å². The predicted octanol–water partition coefficient (Wildman–Crippen LogP) is 3.31. The van der Waals surface area contributed by atoms with Crippen LogP contribution in [-0.4, -0.2) is 24.0 Å². The van der Waals surface area contributed by atoms with Crippen molar-refractivity contribution in [3.63, 3.8) is 0 Å². The monoisotopic (exact) mass is 276 g/mol. The van der Waals surface area contributed by atoms with Crippen LogP contribution in [0.4, 0.5) is 4.39 Å². The molecule has 3 heteroatoms. The number of hydrogen-bond donors (Lipinski definition) is 1. The topological polar surface area (TPSA) is 15.3 Å². The normalized spacial score (nSPS) is 21.3. The second-order valence-electron chi connectivity index (χ2n) is 6.54. The van der Waals surface area contributed by atoms with Crippen molar-refractivity contribution in [1.82, 2.24) is 10.2 Å². The highest BCUT2D eigenvalue weighted by Crippen LogP contribution is 2.21. The van der Waals surface area contributed by atoms with E-state index in [1.807, 2.05) is 12.1 Å². The van der Waals surface area contributed by atoms with Gasteiger partial charge in [-0.15, -0.1) is 0 Å². The Labute approximate surface area is 121 Å². The Morgan fingerprint density at radius 1 is 1.20 bits per heavy atom. The SMILES string of the molecule is CC1CCN(Cc2cc(CNC3CC3)ccc2F)CC1. The maximum atomic E-state index is 14.0. The molecule has 0 aromatic heterocycles. The van der Waals surface area contributed by atoms with Crippen molar-refractivity contribution < 1.29 is 4.39 Å². The molecule has 1 aliphatic carbocycles. The van der Waals surface area contributed by atoms with Gasteiger partial charge in [0.15, 0.2) is 0 Å². The molecule has 0 atom stereocenters. The highest BCUT2D eigenvalue weighted by atomic mass is 19.1. The summed E-state index contributed by atoms with van der Waals surface area (Å²) in [5.41, 5.74) is 2.06. The van der Waals surface area contributed by atoms with E-state index in [1.54, 1.807) is 6.07 Å². The summed E-state index contributed by atoms with van der Waals surface area (Å²) in [6, 6.07) is 6.29. The van der Waals surface area contributed by atoms with Crippen LogP contribution in [-0.2, 0) is 13.1 Å². The van der Waals surface area contributed by atoms with Gasteiger partial charge in [0.05, 0.1) is 0 Å². The summed E-state index contributed by atoms with van der Waals surface area (Å²) in [5, 5.41) is 3.49. The van der Waals surface area contributed by atoms with Gasteiger partial charge in [-0.25, -0.2) is 4.39 Å². The van der Waals surface area contributed by atoms with Crippen LogP contribution < -0.4 is 5.32 Å². The molecule has 0 bridgehead atoms. The summed E-state index contributed by atoms with van der Waals surface area (Å²) in [7, 11) is 0. The van der Waals surface area contributed by atoms with E-state index in [4.69, 9.17) is 0 Å². The van der Waals surface area contributed by atoms with Gasteiger partial charge in [-0.1, -0.05) is 19.1 Å². The summed E-state index contributed by atoms with van der Waals surface area (Å²) in [4.78, 5) is 2.39. The van der Waals surface area contributed by atoms with Gasteiger partial charge >= 0.3 is 0 Å². The highest BCUT2D eigenvalue weighted by Gasteiger charge is 2.20. The lowest BCUT2D eigenvalue weighted by molar-refractivity contribution is 0.183. The van der Waals surface area contributed by atoms with Gasteiger partial charge in [-0.2, -0.15) is 0 Å². The van der Waals surface area contributed by atoms with Gasteiger partial charge in [-0.3, -0.25) is 4.90 Å². The number of piperidine rings is 1. The molecule has 2 aliphatic rings. The third-order valence-corrected chi connectivity index (χ3v) is 4.55. The Kier molecular flexibility index (Phi) is 4.37. The number of benzene rings is 1. The van der Waals surface area contributed by atoms with E-state index < -0.39 is 0 Å². The van der Waals surface area contributed by atoms with Gasteiger partial charge < -0.3 is 5.32 Å². The largest absolute Gasteiger partial charge is 0.310 e. The average molecular weight is 276 g/mol. The summed E-state index contributed by atoms with van der Waals surface area (Å²) >= 11 is 0. The number of nitrogens with one attached hydrogen (secondary N) is 1. The minimum Gasteiger partial charge on any atom is -0.310 e. The third-order valence-electron chi connectivity index (χ3n) is 4.55. The molecule has 3 rings (SSSR count). The number of likely N-dealkylation sites (tertiary alicyclic amines) is 1. The first-order chi connectivity index (χ1) is 9.70. The Bertz CT molecular complexity index is 448. The molecule has 1 heterocycles. The van der Waals surface area contributed by atoms with Crippen LogP contribution in [0.25, 0.3) is 0 Å². The van der Waals surface area contributed by atoms with Gasteiger partial charge in [-0.05, 0) is 56.3 Å². The van der Waals surface area contributed by atoms with Crippen LogP contribution in [0.5, 0.6) is 0 Å². The number of rotatable bonds is 5. The zero-order valence-electron chi connectivity index (χ0n) is 12.4. The highest BCUT2D eigenvalue weighted by molar-refractivity contribution is 5.25. The molecule has 1 aliphatic heterocycles. The lowest BCUT2D eigenvalue weighted by Crippen LogP contribution is -2.32. The zero-order chi connectivity index (χ0) is 13.9. The minimum absolute atomic E-state index is 0.0567. The lowest BCUT2D eigenvalue weighted by atomic mass is 9.98. The smallest absolute Gasteiger partial charge is 0.127 e. The molecule has 0 amide bonds. The lowest BCUT2D eigenvalue weighted by Gasteiger charge is -2.30. The number of hydrogen-bond acceptors (Lipinski definition) is 2. The quantitative estimate of drug-likeness (QED) is 0.887. The zero-order valence-corrected chi connectivity index (χ0v) is 12.4. The van der Waals surface area contributed by atoms with Crippen LogP contribution in [0.15, 0.2) is 18.2 Å². The molecule has 1 N–H and O–H groups in total. The molecule has 1 saturated heterocycles. The summed E-state index contributed by atoms with van der Waals surface area (Å²) < 4.78 is 14.0. The van der Waals surface area contributed by atoms with Crippen LogP contribution in [0.2, 0.25) is 0 Å². The fourth-order valence-electron chi connectivity index (χ4n) is 2.87. The van der Waals surface area contributed by atoms with E-state index in [2.05, 4.69) is 17.1 Å². The molecular weight excluding hydrogens is 251 g/mol. The van der Waals surface area contributed by atoms with Crippen LogP contribution >= 0.6 is 0 Å². The molecule has 20 heavy (non-hydrogen) atoms. The summed E-state index contributed by atoms with van der Waals surface area (Å²) in [6.07, 6.45) is 5.06. The summed E-state index contributed by atoms with van der Waals surface area (Å²) in [5.74, 6) is 0.768. The maximum Gasteiger partial charge on any atom is 0.127 e. The van der Waals surface area contributed by atoms with Gasteiger partial charge in [0.25, 0.3) is 0 Å². The molecule has 1 aromatic carbocycles. The second-order valence-corrected chi connectivity index (χ2v) is 6.54. The van der Waals surface area contributed by atoms with Gasteiger partial charge in [0, 0.05) is 24.7 Å². The van der Waals surface area contributed by atoms with Gasteiger partial charge in [0.1, 0.15) is 5.82 Å². The number of nitrogens with zero attached hydrogens (tertiary/aromatic N) is 1. The Morgan fingerprint density at radius 2 is 1.95 bits per heavy atom. The van der Waals surface area contributed by atoms with Crippen molar-refractivity contribution in [3.05, 3.63) is 35.1 Å². The third kappa shape index (κ3) is 3.80. The van der Waals surface area contributed by atoms with Crippen molar-refractivity contribution >= 4 is 0 Å². The predicted molar refractivity (Wildman–Crippen MR) is 79.9 cm³/mol. The molecule has 110 valence electrons. The first-order valence-corrected chi connectivity index (χ1v) is 7.94. The Morgan fingerprint density at radius 3 is 2.65 bits per heavy atom. The van der Waals surface area contributed by atoms with Crippen LogP contribution in [0.1, 0.15) is 43.7 Å². The van der Waals surface area contributed by atoms with Gasteiger partial charge in [0.2, 0.25) is 0 Å².